The molecule has 1 amide bonds. The molecule has 1 saturated heterocycles. The quantitative estimate of drug-likeness (QED) is 0.787. The van der Waals surface area contributed by atoms with Crippen molar-refractivity contribution in [2.45, 2.75) is 46.1 Å². The Morgan fingerprint density at radius 1 is 1.38 bits per heavy atom. The molecule has 1 N–H and O–H groups in total. The number of Topliss-reactive ketones (excluding diaryl/α,β-unsaturated/α-hetero) is 1. The summed E-state index contributed by atoms with van der Waals surface area (Å²) in [5.74, 6) is -0.0438. The topological polar surface area (TPSA) is 55.4 Å². The van der Waals surface area contributed by atoms with E-state index in [1.807, 2.05) is 20.8 Å². The monoisotopic (exact) mass is 227 g/mol. The van der Waals surface area contributed by atoms with E-state index in [1.54, 1.807) is 0 Å². The molecule has 0 saturated carbocycles. The maximum absolute atomic E-state index is 11.6. The maximum atomic E-state index is 11.6. The zero-order chi connectivity index (χ0) is 12.2. The van der Waals surface area contributed by atoms with Gasteiger partial charge in [0.15, 0.2) is 5.78 Å². The minimum atomic E-state index is -0.392. The molecule has 1 unspecified atom stereocenters. The predicted molar refractivity (Wildman–Crippen MR) is 61.1 cm³/mol. The van der Waals surface area contributed by atoms with Crippen molar-refractivity contribution in [2.75, 3.05) is 13.2 Å². The fraction of sp³-hybridized carbons (Fsp3) is 0.833. The first-order valence-corrected chi connectivity index (χ1v) is 5.81. The van der Waals surface area contributed by atoms with Crippen molar-refractivity contribution in [1.29, 1.82) is 0 Å². The minimum absolute atomic E-state index is 0.0461. The lowest BCUT2D eigenvalue weighted by Gasteiger charge is -2.17. The average molecular weight is 227 g/mol. The number of carbonyl (C=O) groups excluding carboxylic acids is 2. The van der Waals surface area contributed by atoms with E-state index in [0.29, 0.717) is 6.42 Å². The Morgan fingerprint density at radius 3 is 2.56 bits per heavy atom. The van der Waals surface area contributed by atoms with E-state index >= 15 is 0 Å². The van der Waals surface area contributed by atoms with E-state index in [4.69, 9.17) is 4.74 Å². The molecule has 1 fully saturated rings. The van der Waals surface area contributed by atoms with Gasteiger partial charge in [-0.05, 0) is 12.8 Å². The molecule has 0 bridgehead atoms. The van der Waals surface area contributed by atoms with E-state index in [9.17, 15) is 9.59 Å². The Balaban J connectivity index is 2.22. The van der Waals surface area contributed by atoms with Crippen LogP contribution >= 0.6 is 0 Å². The summed E-state index contributed by atoms with van der Waals surface area (Å²) in [6.45, 7) is 6.42. The van der Waals surface area contributed by atoms with Crippen molar-refractivity contribution < 1.29 is 14.3 Å². The van der Waals surface area contributed by atoms with Gasteiger partial charge < -0.3 is 10.1 Å². The third kappa shape index (κ3) is 4.31. The normalized spacial score (nSPS) is 20.8. The molecule has 1 aliphatic heterocycles. The number of amides is 1. The smallest absolute Gasteiger partial charge is 0.222 e. The van der Waals surface area contributed by atoms with Crippen LogP contribution in [0.1, 0.15) is 40.0 Å². The van der Waals surface area contributed by atoms with Gasteiger partial charge in [-0.3, -0.25) is 9.59 Å². The Morgan fingerprint density at radius 2 is 2.06 bits per heavy atom. The second kappa shape index (κ2) is 5.43. The summed E-state index contributed by atoms with van der Waals surface area (Å²) in [6, 6.07) is 0. The Hall–Kier alpha value is -0.900. The predicted octanol–water partition coefficient (Wildman–Crippen LogP) is 1.29. The van der Waals surface area contributed by atoms with Crippen molar-refractivity contribution in [2.24, 2.45) is 5.41 Å². The van der Waals surface area contributed by atoms with Gasteiger partial charge >= 0.3 is 0 Å². The molecule has 92 valence electrons. The first-order valence-electron chi connectivity index (χ1n) is 5.81. The molecule has 0 aliphatic carbocycles. The van der Waals surface area contributed by atoms with Gasteiger partial charge in [-0.25, -0.2) is 0 Å². The number of hydrogen-bond acceptors (Lipinski definition) is 3. The van der Waals surface area contributed by atoms with E-state index in [2.05, 4.69) is 5.32 Å². The van der Waals surface area contributed by atoms with Crippen molar-refractivity contribution in [3.63, 3.8) is 0 Å². The molecule has 0 aromatic heterocycles. The van der Waals surface area contributed by atoms with Crippen LogP contribution in [0.4, 0.5) is 0 Å². The zero-order valence-corrected chi connectivity index (χ0v) is 10.3. The highest BCUT2D eigenvalue weighted by Gasteiger charge is 2.23. The minimum Gasteiger partial charge on any atom is -0.378 e. The SMILES string of the molecule is CC(C)(C)C(=O)CNC(=O)CC1CCCO1. The lowest BCUT2D eigenvalue weighted by Crippen LogP contribution is -2.36. The number of ether oxygens (including phenoxy) is 1. The van der Waals surface area contributed by atoms with E-state index < -0.39 is 5.41 Å². The van der Waals surface area contributed by atoms with Gasteiger partial charge in [-0.1, -0.05) is 20.8 Å². The fourth-order valence-corrected chi connectivity index (χ4v) is 1.53. The lowest BCUT2D eigenvalue weighted by atomic mass is 9.91. The highest BCUT2D eigenvalue weighted by molar-refractivity contribution is 5.89. The summed E-state index contributed by atoms with van der Waals surface area (Å²) in [5, 5.41) is 2.65. The number of rotatable bonds is 4. The standard InChI is InChI=1S/C12H21NO3/c1-12(2,3)10(14)8-13-11(15)7-9-5-4-6-16-9/h9H,4-8H2,1-3H3,(H,13,15). The van der Waals surface area contributed by atoms with Gasteiger partial charge in [-0.15, -0.1) is 0 Å². The van der Waals surface area contributed by atoms with Gasteiger partial charge in [0.25, 0.3) is 0 Å². The van der Waals surface area contributed by atoms with Crippen molar-refractivity contribution in [1.82, 2.24) is 5.32 Å². The molecule has 1 heterocycles. The summed E-state index contributed by atoms with van der Waals surface area (Å²) in [4.78, 5) is 23.0. The summed E-state index contributed by atoms with van der Waals surface area (Å²) in [7, 11) is 0. The second-order valence-electron chi connectivity index (χ2n) is 5.29. The van der Waals surface area contributed by atoms with Crippen LogP contribution in [0.5, 0.6) is 0 Å². The summed E-state index contributed by atoms with van der Waals surface area (Å²) in [6.07, 6.45) is 2.39. The van der Waals surface area contributed by atoms with Crippen LogP contribution in [0, 0.1) is 5.41 Å². The summed E-state index contributed by atoms with van der Waals surface area (Å²) in [5.41, 5.74) is -0.392. The third-order valence-electron chi connectivity index (χ3n) is 2.72. The first kappa shape index (κ1) is 13.2. The van der Waals surface area contributed by atoms with Gasteiger partial charge in [-0.2, -0.15) is 0 Å². The fourth-order valence-electron chi connectivity index (χ4n) is 1.53. The second-order valence-corrected chi connectivity index (χ2v) is 5.29. The van der Waals surface area contributed by atoms with Gasteiger partial charge in [0.1, 0.15) is 0 Å². The third-order valence-corrected chi connectivity index (χ3v) is 2.72. The molecule has 1 aliphatic rings. The molecule has 1 atom stereocenters. The average Bonchev–Trinajstić information content (AvgIpc) is 2.65. The Bertz CT molecular complexity index is 262. The molecule has 0 aromatic rings. The first-order chi connectivity index (χ1) is 7.39. The molecular formula is C12H21NO3. The number of ketones is 1. The van der Waals surface area contributed by atoms with Crippen LogP contribution in [0.2, 0.25) is 0 Å². The van der Waals surface area contributed by atoms with Crippen molar-refractivity contribution in [3.8, 4) is 0 Å². The van der Waals surface area contributed by atoms with E-state index in [0.717, 1.165) is 19.4 Å². The molecule has 0 aromatic carbocycles. The van der Waals surface area contributed by atoms with Crippen LogP contribution in [0.3, 0.4) is 0 Å². The maximum Gasteiger partial charge on any atom is 0.222 e. The molecule has 0 spiro atoms. The van der Waals surface area contributed by atoms with Crippen LogP contribution < -0.4 is 5.32 Å². The van der Waals surface area contributed by atoms with Crippen LogP contribution in [-0.2, 0) is 14.3 Å². The highest BCUT2D eigenvalue weighted by Crippen LogP contribution is 2.15. The van der Waals surface area contributed by atoms with Crippen LogP contribution in [0.25, 0.3) is 0 Å². The summed E-state index contributed by atoms with van der Waals surface area (Å²) < 4.78 is 5.35. The van der Waals surface area contributed by atoms with E-state index in [-0.39, 0.29) is 24.3 Å². The molecule has 4 nitrogen and oxygen atoms in total. The molecule has 0 radical (unpaired) electrons. The molecule has 4 heteroatoms. The van der Waals surface area contributed by atoms with Crippen LogP contribution in [0.15, 0.2) is 0 Å². The summed E-state index contributed by atoms with van der Waals surface area (Å²) >= 11 is 0. The molecule has 1 rings (SSSR count). The molecular weight excluding hydrogens is 206 g/mol. The van der Waals surface area contributed by atoms with Crippen molar-refractivity contribution >= 4 is 11.7 Å². The largest absolute Gasteiger partial charge is 0.378 e. The van der Waals surface area contributed by atoms with Crippen molar-refractivity contribution in [3.05, 3.63) is 0 Å². The van der Waals surface area contributed by atoms with Crippen LogP contribution in [-0.4, -0.2) is 30.9 Å². The van der Waals surface area contributed by atoms with E-state index in [1.165, 1.54) is 0 Å². The number of nitrogens with one attached hydrogen (secondary N) is 1. The number of hydrogen-bond donors (Lipinski definition) is 1. The Kier molecular flexibility index (Phi) is 4.47. The zero-order valence-electron chi connectivity index (χ0n) is 10.3. The lowest BCUT2D eigenvalue weighted by molar-refractivity contribution is -0.129. The number of carbonyl (C=O) groups is 2. The highest BCUT2D eigenvalue weighted by atomic mass is 16.5. The molecule has 16 heavy (non-hydrogen) atoms. The Labute approximate surface area is 96.7 Å². The van der Waals surface area contributed by atoms with Gasteiger partial charge in [0, 0.05) is 12.0 Å². The van der Waals surface area contributed by atoms with Gasteiger partial charge in [0.05, 0.1) is 19.1 Å². The van der Waals surface area contributed by atoms with Gasteiger partial charge in [0.2, 0.25) is 5.91 Å².